The fourth-order valence-electron chi connectivity index (χ4n) is 1.81. The van der Waals surface area contributed by atoms with Crippen LogP contribution in [0.15, 0.2) is 30.3 Å². The molecule has 2 rings (SSSR count). The average Bonchev–Trinajstić information content (AvgIpc) is 2.42. The van der Waals surface area contributed by atoms with Crippen LogP contribution in [0.4, 0.5) is 14.5 Å². The number of hydrogen-bond donors (Lipinski definition) is 1. The molecule has 20 heavy (non-hydrogen) atoms. The Morgan fingerprint density at radius 3 is 2.35 bits per heavy atom. The molecule has 0 saturated heterocycles. The van der Waals surface area contributed by atoms with E-state index in [-0.39, 0.29) is 17.2 Å². The molecule has 0 aromatic heterocycles. The van der Waals surface area contributed by atoms with Gasteiger partial charge in [0.1, 0.15) is 5.82 Å². The van der Waals surface area contributed by atoms with Crippen LogP contribution in [0, 0.1) is 11.6 Å². The van der Waals surface area contributed by atoms with Crippen molar-refractivity contribution in [2.75, 3.05) is 12.8 Å². The zero-order valence-electron chi connectivity index (χ0n) is 11.2. The molecule has 0 aliphatic heterocycles. The monoisotopic (exact) mass is 279 g/mol. The predicted octanol–water partition coefficient (Wildman–Crippen LogP) is 3.91. The molecular formula is C15H15F2NO2. The summed E-state index contributed by atoms with van der Waals surface area (Å²) >= 11 is 0. The van der Waals surface area contributed by atoms with E-state index in [1.54, 1.807) is 6.07 Å². The molecule has 0 aliphatic rings. The highest BCUT2D eigenvalue weighted by molar-refractivity contribution is 5.48. The van der Waals surface area contributed by atoms with Crippen molar-refractivity contribution in [1.29, 1.82) is 0 Å². The van der Waals surface area contributed by atoms with E-state index in [9.17, 15) is 8.78 Å². The van der Waals surface area contributed by atoms with Crippen molar-refractivity contribution in [3.05, 3.63) is 47.5 Å². The van der Waals surface area contributed by atoms with Gasteiger partial charge >= 0.3 is 0 Å². The van der Waals surface area contributed by atoms with E-state index in [1.807, 2.05) is 6.92 Å². The second-order valence-corrected chi connectivity index (χ2v) is 4.24. The second-order valence-electron chi connectivity index (χ2n) is 4.24. The number of methoxy groups -OCH3 is 1. The first kappa shape index (κ1) is 14.1. The highest BCUT2D eigenvalue weighted by atomic mass is 19.1. The molecule has 0 amide bonds. The summed E-state index contributed by atoms with van der Waals surface area (Å²) in [5.41, 5.74) is 6.25. The first-order chi connectivity index (χ1) is 9.55. The molecule has 0 spiro atoms. The molecule has 2 aromatic rings. The SMILES string of the molecule is CCc1cc(OC)c(Oc2ccc(N)cc2F)cc1F. The van der Waals surface area contributed by atoms with E-state index in [1.165, 1.54) is 25.3 Å². The molecular weight excluding hydrogens is 264 g/mol. The van der Waals surface area contributed by atoms with Crippen LogP contribution in [0.1, 0.15) is 12.5 Å². The topological polar surface area (TPSA) is 44.5 Å². The van der Waals surface area contributed by atoms with E-state index in [2.05, 4.69) is 0 Å². The molecule has 0 bridgehead atoms. The normalized spacial score (nSPS) is 10.4. The van der Waals surface area contributed by atoms with Gasteiger partial charge < -0.3 is 15.2 Å². The highest BCUT2D eigenvalue weighted by Gasteiger charge is 2.13. The third-order valence-electron chi connectivity index (χ3n) is 2.89. The van der Waals surface area contributed by atoms with E-state index in [4.69, 9.17) is 15.2 Å². The fraction of sp³-hybridized carbons (Fsp3) is 0.200. The molecule has 2 N–H and O–H groups in total. The Morgan fingerprint density at radius 1 is 1.00 bits per heavy atom. The van der Waals surface area contributed by atoms with Crippen LogP contribution in [0.2, 0.25) is 0 Å². The van der Waals surface area contributed by atoms with Gasteiger partial charge in [-0.05, 0) is 30.2 Å². The highest BCUT2D eigenvalue weighted by Crippen LogP contribution is 2.35. The van der Waals surface area contributed by atoms with Gasteiger partial charge in [-0.1, -0.05) is 6.92 Å². The van der Waals surface area contributed by atoms with Gasteiger partial charge in [0.05, 0.1) is 7.11 Å². The maximum absolute atomic E-state index is 13.8. The van der Waals surface area contributed by atoms with Crippen molar-refractivity contribution in [2.45, 2.75) is 13.3 Å². The summed E-state index contributed by atoms with van der Waals surface area (Å²) in [4.78, 5) is 0. The number of ether oxygens (including phenoxy) is 2. The van der Waals surface area contributed by atoms with Crippen LogP contribution in [0.3, 0.4) is 0 Å². The molecule has 5 heteroatoms. The summed E-state index contributed by atoms with van der Waals surface area (Å²) in [5, 5.41) is 0. The largest absolute Gasteiger partial charge is 0.493 e. The number of benzene rings is 2. The predicted molar refractivity (Wildman–Crippen MR) is 73.2 cm³/mol. The summed E-state index contributed by atoms with van der Waals surface area (Å²) in [6, 6.07) is 6.75. The van der Waals surface area contributed by atoms with E-state index >= 15 is 0 Å². The van der Waals surface area contributed by atoms with Crippen molar-refractivity contribution in [3.63, 3.8) is 0 Å². The number of anilines is 1. The van der Waals surface area contributed by atoms with Crippen LogP contribution in [-0.4, -0.2) is 7.11 Å². The van der Waals surface area contributed by atoms with Crippen LogP contribution >= 0.6 is 0 Å². The maximum Gasteiger partial charge on any atom is 0.172 e. The van der Waals surface area contributed by atoms with Crippen LogP contribution in [0.25, 0.3) is 0 Å². The number of nitrogen functional groups attached to an aromatic ring is 1. The van der Waals surface area contributed by atoms with Gasteiger partial charge in [0.25, 0.3) is 0 Å². The first-order valence-corrected chi connectivity index (χ1v) is 6.14. The summed E-state index contributed by atoms with van der Waals surface area (Å²) in [5.74, 6) is -0.613. The Balaban J connectivity index is 2.40. The van der Waals surface area contributed by atoms with Crippen molar-refractivity contribution >= 4 is 5.69 Å². The lowest BCUT2D eigenvalue weighted by Crippen LogP contribution is -1.97. The second kappa shape index (κ2) is 5.77. The maximum atomic E-state index is 13.8. The van der Waals surface area contributed by atoms with Crippen LogP contribution in [-0.2, 0) is 6.42 Å². The van der Waals surface area contributed by atoms with Gasteiger partial charge in [0.2, 0.25) is 0 Å². The van der Waals surface area contributed by atoms with Gasteiger partial charge in [-0.3, -0.25) is 0 Å². The van der Waals surface area contributed by atoms with Gasteiger partial charge in [-0.15, -0.1) is 0 Å². The Hall–Kier alpha value is -2.30. The minimum absolute atomic E-state index is 0.0406. The molecule has 0 saturated carbocycles. The Bertz CT molecular complexity index is 630. The Morgan fingerprint density at radius 2 is 1.75 bits per heavy atom. The Kier molecular flexibility index (Phi) is 4.08. The number of rotatable bonds is 4. The average molecular weight is 279 g/mol. The number of nitrogens with two attached hydrogens (primary N) is 1. The third-order valence-corrected chi connectivity index (χ3v) is 2.89. The van der Waals surface area contributed by atoms with Crippen molar-refractivity contribution in [1.82, 2.24) is 0 Å². The summed E-state index contributed by atoms with van der Waals surface area (Å²) < 4.78 is 38.0. The molecule has 3 nitrogen and oxygen atoms in total. The molecule has 0 unspecified atom stereocenters. The Labute approximate surface area is 115 Å². The lowest BCUT2D eigenvalue weighted by atomic mass is 10.1. The third kappa shape index (κ3) is 2.82. The van der Waals surface area contributed by atoms with Gasteiger partial charge in [-0.25, -0.2) is 8.78 Å². The standard InChI is InChI=1S/C15H15F2NO2/c1-3-9-6-14(19-2)15(8-11(9)16)20-13-5-4-10(18)7-12(13)17/h4-8H,3,18H2,1-2H3. The number of aryl methyl sites for hydroxylation is 1. The molecule has 2 aromatic carbocycles. The summed E-state index contributed by atoms with van der Waals surface area (Å²) in [6.07, 6.45) is 0.526. The molecule has 0 radical (unpaired) electrons. The van der Waals surface area contributed by atoms with Crippen molar-refractivity contribution in [2.24, 2.45) is 0 Å². The van der Waals surface area contributed by atoms with E-state index in [0.29, 0.717) is 17.7 Å². The summed E-state index contributed by atoms with van der Waals surface area (Å²) in [6.45, 7) is 1.83. The van der Waals surface area contributed by atoms with E-state index in [0.717, 1.165) is 6.07 Å². The molecule has 0 aliphatic carbocycles. The molecule has 0 fully saturated rings. The smallest absolute Gasteiger partial charge is 0.172 e. The quantitative estimate of drug-likeness (QED) is 0.863. The fourth-order valence-corrected chi connectivity index (χ4v) is 1.81. The lowest BCUT2D eigenvalue weighted by molar-refractivity contribution is 0.368. The molecule has 0 heterocycles. The van der Waals surface area contributed by atoms with Crippen LogP contribution < -0.4 is 15.2 Å². The molecule has 106 valence electrons. The summed E-state index contributed by atoms with van der Waals surface area (Å²) in [7, 11) is 1.44. The van der Waals surface area contributed by atoms with Gasteiger partial charge in [0.15, 0.2) is 23.1 Å². The lowest BCUT2D eigenvalue weighted by Gasteiger charge is -2.13. The minimum Gasteiger partial charge on any atom is -0.493 e. The van der Waals surface area contributed by atoms with E-state index < -0.39 is 11.6 Å². The first-order valence-electron chi connectivity index (χ1n) is 6.14. The van der Waals surface area contributed by atoms with Gasteiger partial charge in [0, 0.05) is 17.8 Å². The number of hydrogen-bond acceptors (Lipinski definition) is 3. The number of halogens is 2. The zero-order chi connectivity index (χ0) is 14.7. The van der Waals surface area contributed by atoms with Gasteiger partial charge in [-0.2, -0.15) is 0 Å². The zero-order valence-corrected chi connectivity index (χ0v) is 11.2. The minimum atomic E-state index is -0.618. The molecule has 0 atom stereocenters. The van der Waals surface area contributed by atoms with Crippen molar-refractivity contribution < 1.29 is 18.3 Å². The van der Waals surface area contributed by atoms with Crippen molar-refractivity contribution in [3.8, 4) is 17.2 Å². The van der Waals surface area contributed by atoms with Crippen LogP contribution in [0.5, 0.6) is 17.2 Å².